The molecule has 0 aliphatic carbocycles. The fraction of sp³-hybridized carbons (Fsp3) is 1.00. The van der Waals surface area contributed by atoms with Crippen molar-refractivity contribution in [2.24, 2.45) is 5.92 Å². The highest BCUT2D eigenvalue weighted by molar-refractivity contribution is 7.90. The van der Waals surface area contributed by atoms with Crippen molar-refractivity contribution in [3.05, 3.63) is 0 Å². The molecule has 0 amide bonds. The van der Waals surface area contributed by atoms with E-state index in [1.54, 1.807) is 7.11 Å². The minimum atomic E-state index is -3.24. The zero-order chi connectivity index (χ0) is 12.9. The largest absolute Gasteiger partial charge is 0.383 e. The summed E-state index contributed by atoms with van der Waals surface area (Å²) in [6.45, 7) is 5.86. The van der Waals surface area contributed by atoms with Gasteiger partial charge in [-0.15, -0.1) is 0 Å². The summed E-state index contributed by atoms with van der Waals surface area (Å²) in [6, 6.07) is -0.146. The molecule has 1 aliphatic rings. The molecule has 0 saturated carbocycles. The number of piperidine rings is 1. The minimum absolute atomic E-state index is 0.146. The Labute approximate surface area is 104 Å². The first kappa shape index (κ1) is 14.9. The molecule has 0 spiro atoms. The fourth-order valence-corrected chi connectivity index (χ4v) is 3.70. The predicted octanol–water partition coefficient (Wildman–Crippen LogP) is 0.329. The number of hydrogen-bond acceptors (Lipinski definition) is 4. The number of nitrogens with one attached hydrogen (secondary N) is 2. The Hall–Kier alpha value is -0.170. The summed E-state index contributed by atoms with van der Waals surface area (Å²) < 4.78 is 32.2. The molecule has 0 aromatic carbocycles. The second kappa shape index (κ2) is 6.68. The van der Waals surface area contributed by atoms with Crippen LogP contribution in [0, 0.1) is 5.92 Å². The van der Waals surface area contributed by atoms with Gasteiger partial charge in [-0.2, -0.15) is 0 Å². The van der Waals surface area contributed by atoms with Crippen molar-refractivity contribution in [3.8, 4) is 0 Å². The van der Waals surface area contributed by atoms with Crippen LogP contribution >= 0.6 is 0 Å². The van der Waals surface area contributed by atoms with Crippen LogP contribution in [0.1, 0.15) is 26.7 Å². The van der Waals surface area contributed by atoms with Crippen LogP contribution in [0.4, 0.5) is 0 Å². The molecule has 0 bridgehead atoms. The topological polar surface area (TPSA) is 67.4 Å². The highest BCUT2D eigenvalue weighted by atomic mass is 32.2. The van der Waals surface area contributed by atoms with E-state index in [1.807, 2.05) is 13.8 Å². The smallest absolute Gasteiger partial charge is 0.216 e. The first-order valence-electron chi connectivity index (χ1n) is 6.18. The van der Waals surface area contributed by atoms with Crippen molar-refractivity contribution in [2.75, 3.05) is 26.8 Å². The van der Waals surface area contributed by atoms with Gasteiger partial charge in [0.25, 0.3) is 0 Å². The highest BCUT2D eigenvalue weighted by Gasteiger charge is 2.30. The van der Waals surface area contributed by atoms with Gasteiger partial charge >= 0.3 is 0 Å². The standard InChI is InChI=1S/C11H24N2O3S/c1-9(2)11(8-16-3)13-17(14,15)10-5-4-6-12-7-10/h9-13H,4-8H2,1-3H3. The van der Waals surface area contributed by atoms with Crippen molar-refractivity contribution >= 4 is 10.0 Å². The monoisotopic (exact) mass is 264 g/mol. The van der Waals surface area contributed by atoms with Gasteiger partial charge in [-0.05, 0) is 25.3 Å². The number of ether oxygens (including phenoxy) is 1. The fourth-order valence-electron chi connectivity index (χ4n) is 1.93. The molecule has 102 valence electrons. The zero-order valence-corrected chi connectivity index (χ0v) is 11.7. The van der Waals surface area contributed by atoms with Crippen LogP contribution in [0.5, 0.6) is 0 Å². The average Bonchev–Trinajstić information content (AvgIpc) is 2.29. The molecular weight excluding hydrogens is 240 g/mol. The van der Waals surface area contributed by atoms with Gasteiger partial charge in [0.15, 0.2) is 0 Å². The molecule has 1 heterocycles. The summed E-state index contributed by atoms with van der Waals surface area (Å²) in [4.78, 5) is 0. The van der Waals surface area contributed by atoms with Crippen LogP contribution in [0.3, 0.4) is 0 Å². The van der Waals surface area contributed by atoms with E-state index < -0.39 is 10.0 Å². The lowest BCUT2D eigenvalue weighted by Gasteiger charge is -2.27. The van der Waals surface area contributed by atoms with Crippen molar-refractivity contribution in [2.45, 2.75) is 38.0 Å². The lowest BCUT2D eigenvalue weighted by molar-refractivity contribution is 0.157. The molecule has 0 radical (unpaired) electrons. The first-order chi connectivity index (χ1) is 7.97. The van der Waals surface area contributed by atoms with Crippen LogP contribution in [-0.4, -0.2) is 46.5 Å². The third-order valence-electron chi connectivity index (χ3n) is 3.16. The summed E-state index contributed by atoms with van der Waals surface area (Å²) in [5.41, 5.74) is 0. The number of sulfonamides is 1. The van der Waals surface area contributed by atoms with Crippen LogP contribution in [0.15, 0.2) is 0 Å². The van der Waals surface area contributed by atoms with Crippen LogP contribution in [-0.2, 0) is 14.8 Å². The van der Waals surface area contributed by atoms with Gasteiger partial charge in [-0.1, -0.05) is 13.8 Å². The molecule has 2 atom stereocenters. The van der Waals surface area contributed by atoms with Gasteiger partial charge in [0.05, 0.1) is 11.9 Å². The lowest BCUT2D eigenvalue weighted by Crippen LogP contribution is -2.49. The number of methoxy groups -OCH3 is 1. The Balaban J connectivity index is 2.62. The van der Waals surface area contributed by atoms with Gasteiger partial charge in [-0.25, -0.2) is 13.1 Å². The molecule has 2 N–H and O–H groups in total. The number of rotatable bonds is 6. The van der Waals surface area contributed by atoms with Crippen molar-refractivity contribution in [1.82, 2.24) is 10.0 Å². The second-order valence-corrected chi connectivity index (χ2v) is 6.93. The van der Waals surface area contributed by atoms with Gasteiger partial charge in [0, 0.05) is 19.7 Å². The summed E-state index contributed by atoms with van der Waals surface area (Å²) >= 11 is 0. The summed E-state index contributed by atoms with van der Waals surface area (Å²) in [7, 11) is -1.65. The van der Waals surface area contributed by atoms with Crippen LogP contribution < -0.4 is 10.0 Å². The van der Waals surface area contributed by atoms with E-state index in [0.717, 1.165) is 19.4 Å². The molecule has 1 fully saturated rings. The molecule has 17 heavy (non-hydrogen) atoms. The molecule has 1 saturated heterocycles. The van der Waals surface area contributed by atoms with Crippen LogP contribution in [0.25, 0.3) is 0 Å². The first-order valence-corrected chi connectivity index (χ1v) is 7.72. The Kier molecular flexibility index (Phi) is 5.85. The normalized spacial score (nSPS) is 23.9. The van der Waals surface area contributed by atoms with Gasteiger partial charge in [0.2, 0.25) is 10.0 Å². The summed E-state index contributed by atoms with van der Waals surface area (Å²) in [6.07, 6.45) is 1.66. The minimum Gasteiger partial charge on any atom is -0.383 e. The Morgan fingerprint density at radius 3 is 2.65 bits per heavy atom. The van der Waals surface area contributed by atoms with Crippen molar-refractivity contribution in [1.29, 1.82) is 0 Å². The van der Waals surface area contributed by atoms with Crippen LogP contribution in [0.2, 0.25) is 0 Å². The highest BCUT2D eigenvalue weighted by Crippen LogP contribution is 2.13. The van der Waals surface area contributed by atoms with E-state index in [2.05, 4.69) is 10.0 Å². The molecule has 5 nitrogen and oxygen atoms in total. The maximum atomic E-state index is 12.2. The molecule has 1 aliphatic heterocycles. The van der Waals surface area contributed by atoms with Gasteiger partial charge in [0.1, 0.15) is 0 Å². The van der Waals surface area contributed by atoms with E-state index in [9.17, 15) is 8.42 Å². The van der Waals surface area contributed by atoms with Gasteiger partial charge < -0.3 is 10.1 Å². The molecule has 6 heteroatoms. The predicted molar refractivity (Wildman–Crippen MR) is 68.4 cm³/mol. The Bertz CT molecular complexity index is 311. The summed E-state index contributed by atoms with van der Waals surface area (Å²) in [5, 5.41) is 2.81. The van der Waals surface area contributed by atoms with Crippen molar-refractivity contribution in [3.63, 3.8) is 0 Å². The van der Waals surface area contributed by atoms with Crippen molar-refractivity contribution < 1.29 is 13.2 Å². The average molecular weight is 264 g/mol. The summed E-state index contributed by atoms with van der Waals surface area (Å²) in [5.74, 6) is 0.223. The maximum Gasteiger partial charge on any atom is 0.216 e. The molecule has 0 aromatic heterocycles. The van der Waals surface area contributed by atoms with Gasteiger partial charge in [-0.3, -0.25) is 0 Å². The molecule has 2 unspecified atom stereocenters. The van der Waals surface area contributed by atoms with E-state index in [-0.39, 0.29) is 17.2 Å². The Morgan fingerprint density at radius 1 is 1.47 bits per heavy atom. The van der Waals surface area contributed by atoms with E-state index in [1.165, 1.54) is 0 Å². The second-order valence-electron chi connectivity index (χ2n) is 4.94. The molecular formula is C11H24N2O3S. The Morgan fingerprint density at radius 2 is 2.18 bits per heavy atom. The maximum absolute atomic E-state index is 12.2. The van der Waals surface area contributed by atoms with E-state index in [4.69, 9.17) is 4.74 Å². The third kappa shape index (κ3) is 4.54. The number of hydrogen-bond donors (Lipinski definition) is 2. The lowest BCUT2D eigenvalue weighted by atomic mass is 10.1. The molecule has 1 rings (SSSR count). The molecule has 0 aromatic rings. The third-order valence-corrected chi connectivity index (χ3v) is 5.07. The van der Waals surface area contributed by atoms with E-state index in [0.29, 0.717) is 13.2 Å². The quantitative estimate of drug-likeness (QED) is 0.725. The SMILES string of the molecule is COCC(NS(=O)(=O)C1CCCNC1)C(C)C. The zero-order valence-electron chi connectivity index (χ0n) is 10.9. The van der Waals surface area contributed by atoms with E-state index >= 15 is 0 Å².